The summed E-state index contributed by atoms with van der Waals surface area (Å²) in [6.45, 7) is -0.544. The van der Waals surface area contributed by atoms with Crippen molar-refractivity contribution in [1.29, 1.82) is 0 Å². The number of amides is 1. The smallest absolute Gasteiger partial charge is 0.331 e. The van der Waals surface area contributed by atoms with Crippen molar-refractivity contribution in [2.75, 3.05) is 11.9 Å². The Kier molecular flexibility index (Phi) is 5.94. The second-order valence-electron chi connectivity index (χ2n) is 4.81. The van der Waals surface area contributed by atoms with E-state index in [1.54, 1.807) is 6.07 Å². The van der Waals surface area contributed by atoms with E-state index < -0.39 is 29.2 Å². The Balaban J connectivity index is 1.82. The fraction of sp³-hybridized carbons (Fsp3) is 0.0588. The van der Waals surface area contributed by atoms with E-state index in [0.717, 1.165) is 6.08 Å². The molecule has 8 heteroatoms. The zero-order valence-electron chi connectivity index (χ0n) is 12.8. The van der Waals surface area contributed by atoms with Crippen LogP contribution in [0.25, 0.3) is 6.08 Å². The van der Waals surface area contributed by atoms with Crippen molar-refractivity contribution in [3.8, 4) is 0 Å². The third-order valence-corrected chi connectivity index (χ3v) is 3.01. The van der Waals surface area contributed by atoms with Gasteiger partial charge in [-0.05, 0) is 24.3 Å². The molecule has 2 aromatic rings. The summed E-state index contributed by atoms with van der Waals surface area (Å²) in [5, 5.41) is 13.0. The van der Waals surface area contributed by atoms with Crippen LogP contribution in [0, 0.1) is 15.9 Å². The van der Waals surface area contributed by atoms with E-state index in [4.69, 9.17) is 4.74 Å². The minimum absolute atomic E-state index is 0.109. The first-order valence-corrected chi connectivity index (χ1v) is 7.09. The summed E-state index contributed by atoms with van der Waals surface area (Å²) in [4.78, 5) is 33.1. The molecule has 0 heterocycles. The lowest BCUT2D eigenvalue weighted by molar-refractivity contribution is -0.384. The molecular weight excluding hydrogens is 331 g/mol. The maximum atomic E-state index is 13.4. The summed E-state index contributed by atoms with van der Waals surface area (Å²) in [6.07, 6.45) is 2.25. The number of rotatable bonds is 6. The number of anilines is 1. The van der Waals surface area contributed by atoms with Crippen LogP contribution in [0.1, 0.15) is 5.56 Å². The molecule has 0 aromatic heterocycles. The summed E-state index contributed by atoms with van der Waals surface area (Å²) in [6, 6.07) is 11.1. The fourth-order valence-corrected chi connectivity index (χ4v) is 1.82. The number of nitro benzene ring substituents is 1. The summed E-state index contributed by atoms with van der Waals surface area (Å²) in [5.41, 5.74) is 0.436. The predicted molar refractivity (Wildman–Crippen MR) is 88.1 cm³/mol. The van der Waals surface area contributed by atoms with Crippen LogP contribution in [0.4, 0.5) is 15.8 Å². The van der Waals surface area contributed by atoms with Crippen LogP contribution < -0.4 is 5.32 Å². The average molecular weight is 344 g/mol. The number of hydrogen-bond acceptors (Lipinski definition) is 5. The molecule has 2 aromatic carbocycles. The van der Waals surface area contributed by atoms with Gasteiger partial charge in [-0.2, -0.15) is 0 Å². The van der Waals surface area contributed by atoms with Gasteiger partial charge in [0.15, 0.2) is 6.61 Å². The first-order valence-electron chi connectivity index (χ1n) is 7.09. The number of carbonyl (C=O) groups excluding carboxylic acids is 2. The van der Waals surface area contributed by atoms with E-state index in [1.807, 2.05) is 0 Å². The number of halogens is 1. The van der Waals surface area contributed by atoms with Gasteiger partial charge in [0.2, 0.25) is 0 Å². The highest BCUT2D eigenvalue weighted by Gasteiger charge is 2.08. The van der Waals surface area contributed by atoms with E-state index >= 15 is 0 Å². The first kappa shape index (κ1) is 17.8. The van der Waals surface area contributed by atoms with Crippen LogP contribution in [-0.2, 0) is 14.3 Å². The van der Waals surface area contributed by atoms with Gasteiger partial charge in [-0.25, -0.2) is 9.18 Å². The lowest BCUT2D eigenvalue weighted by Crippen LogP contribution is -2.20. The second-order valence-corrected chi connectivity index (χ2v) is 4.81. The Morgan fingerprint density at radius 1 is 1.16 bits per heavy atom. The van der Waals surface area contributed by atoms with Gasteiger partial charge >= 0.3 is 5.97 Å². The number of ether oxygens (including phenoxy) is 1. The molecule has 7 nitrogen and oxygen atoms in total. The topological polar surface area (TPSA) is 98.5 Å². The molecule has 1 N–H and O–H groups in total. The standard InChI is InChI=1S/C17H13FN2O5/c18-15-4-2-1-3-12(15)5-10-17(22)25-11-16(21)19-13-6-8-14(9-7-13)20(23)24/h1-10H,11H2,(H,19,21)/b10-5+. The minimum atomic E-state index is -0.804. The zero-order valence-corrected chi connectivity index (χ0v) is 12.8. The number of carbonyl (C=O) groups is 2. The number of nitro groups is 1. The molecule has 0 aliphatic heterocycles. The van der Waals surface area contributed by atoms with Crippen LogP contribution in [0.2, 0.25) is 0 Å². The number of benzene rings is 2. The van der Waals surface area contributed by atoms with Crippen molar-refractivity contribution in [2.45, 2.75) is 0 Å². The Morgan fingerprint density at radius 2 is 1.84 bits per heavy atom. The van der Waals surface area contributed by atoms with E-state index in [0.29, 0.717) is 5.69 Å². The van der Waals surface area contributed by atoms with Crippen LogP contribution in [0.15, 0.2) is 54.6 Å². The van der Waals surface area contributed by atoms with Crippen molar-refractivity contribution in [1.82, 2.24) is 0 Å². The van der Waals surface area contributed by atoms with E-state index in [1.165, 1.54) is 48.5 Å². The molecular formula is C17H13FN2O5. The van der Waals surface area contributed by atoms with Crippen LogP contribution in [-0.4, -0.2) is 23.4 Å². The molecule has 0 fully saturated rings. The minimum Gasteiger partial charge on any atom is -0.452 e. The van der Waals surface area contributed by atoms with Gasteiger partial charge in [0, 0.05) is 29.5 Å². The van der Waals surface area contributed by atoms with Crippen molar-refractivity contribution in [2.24, 2.45) is 0 Å². The first-order chi connectivity index (χ1) is 12.0. The van der Waals surface area contributed by atoms with Crippen molar-refractivity contribution in [3.63, 3.8) is 0 Å². The lowest BCUT2D eigenvalue weighted by Gasteiger charge is -2.05. The zero-order chi connectivity index (χ0) is 18.2. The number of non-ortho nitro benzene ring substituents is 1. The van der Waals surface area contributed by atoms with Gasteiger partial charge in [0.1, 0.15) is 5.82 Å². The molecule has 2 rings (SSSR count). The number of nitrogens with one attached hydrogen (secondary N) is 1. The molecule has 0 aliphatic rings. The Labute approximate surface area is 141 Å². The SMILES string of the molecule is O=C(COC(=O)/C=C/c1ccccc1F)Nc1ccc([N+](=O)[O-])cc1. The summed E-state index contributed by atoms with van der Waals surface area (Å²) in [5.74, 6) is -1.90. The van der Waals surface area contributed by atoms with Gasteiger partial charge in [0.05, 0.1) is 4.92 Å². The van der Waals surface area contributed by atoms with E-state index in [-0.39, 0.29) is 11.3 Å². The fourth-order valence-electron chi connectivity index (χ4n) is 1.82. The van der Waals surface area contributed by atoms with Gasteiger partial charge in [-0.3, -0.25) is 14.9 Å². The van der Waals surface area contributed by atoms with E-state index in [9.17, 15) is 24.1 Å². The quantitative estimate of drug-likeness (QED) is 0.376. The Hall–Kier alpha value is -3.55. The Bertz CT molecular complexity index is 818. The number of hydrogen-bond donors (Lipinski definition) is 1. The van der Waals surface area contributed by atoms with Gasteiger partial charge in [-0.1, -0.05) is 18.2 Å². The van der Waals surface area contributed by atoms with Crippen molar-refractivity contribution < 1.29 is 23.6 Å². The maximum absolute atomic E-state index is 13.4. The average Bonchev–Trinajstić information content (AvgIpc) is 2.59. The van der Waals surface area contributed by atoms with Crippen LogP contribution >= 0.6 is 0 Å². The number of nitrogens with zero attached hydrogens (tertiary/aromatic N) is 1. The highest BCUT2D eigenvalue weighted by atomic mass is 19.1. The molecule has 0 bridgehead atoms. The molecule has 0 unspecified atom stereocenters. The summed E-state index contributed by atoms with van der Waals surface area (Å²) >= 11 is 0. The molecule has 25 heavy (non-hydrogen) atoms. The monoisotopic (exact) mass is 344 g/mol. The molecule has 0 spiro atoms. The highest BCUT2D eigenvalue weighted by molar-refractivity contribution is 5.94. The third kappa shape index (κ3) is 5.54. The van der Waals surface area contributed by atoms with Crippen LogP contribution in [0.3, 0.4) is 0 Å². The second kappa shape index (κ2) is 8.34. The van der Waals surface area contributed by atoms with E-state index in [2.05, 4.69) is 5.32 Å². The van der Waals surface area contributed by atoms with Crippen molar-refractivity contribution in [3.05, 3.63) is 76.1 Å². The normalized spacial score (nSPS) is 10.4. The molecule has 0 saturated carbocycles. The highest BCUT2D eigenvalue weighted by Crippen LogP contribution is 2.15. The molecule has 0 aliphatic carbocycles. The lowest BCUT2D eigenvalue weighted by atomic mass is 10.2. The molecule has 128 valence electrons. The largest absolute Gasteiger partial charge is 0.452 e. The van der Waals surface area contributed by atoms with Crippen LogP contribution in [0.5, 0.6) is 0 Å². The maximum Gasteiger partial charge on any atom is 0.331 e. The molecule has 0 radical (unpaired) electrons. The van der Waals surface area contributed by atoms with Gasteiger partial charge < -0.3 is 10.1 Å². The molecule has 1 amide bonds. The third-order valence-electron chi connectivity index (χ3n) is 3.01. The summed E-state index contributed by atoms with van der Waals surface area (Å²) < 4.78 is 18.1. The van der Waals surface area contributed by atoms with Gasteiger partial charge in [0.25, 0.3) is 11.6 Å². The molecule has 0 atom stereocenters. The Morgan fingerprint density at radius 3 is 2.48 bits per heavy atom. The van der Waals surface area contributed by atoms with Crippen molar-refractivity contribution >= 4 is 29.3 Å². The summed E-state index contributed by atoms with van der Waals surface area (Å²) in [7, 11) is 0. The molecule has 0 saturated heterocycles. The number of esters is 1. The van der Waals surface area contributed by atoms with Gasteiger partial charge in [-0.15, -0.1) is 0 Å². The predicted octanol–water partition coefficient (Wildman–Crippen LogP) is 2.93.